The molecule has 1 aliphatic carbocycles. The Morgan fingerprint density at radius 2 is 1.77 bits per heavy atom. The standard InChI is InChI=1S/C25H23N3O3/c1-15-24(16-8-10-18(30-2)11-9-16)25-26-21-12-17(19-6-4-5-7-23(19)31-3)13-22(29)20(21)14-28(25)27-15/h4-11,14,17H,12-13H2,1-3H3. The van der Waals surface area contributed by atoms with Gasteiger partial charge in [0.05, 0.1) is 31.2 Å². The van der Waals surface area contributed by atoms with Gasteiger partial charge in [-0.3, -0.25) is 4.79 Å². The smallest absolute Gasteiger partial charge is 0.166 e. The van der Waals surface area contributed by atoms with Gasteiger partial charge in [0.1, 0.15) is 11.5 Å². The number of nitrogens with zero attached hydrogens (tertiary/aromatic N) is 3. The molecule has 0 amide bonds. The molecule has 0 saturated heterocycles. The molecule has 2 aromatic carbocycles. The number of aryl methyl sites for hydroxylation is 1. The Bertz CT molecular complexity index is 1290. The molecule has 2 heterocycles. The predicted octanol–water partition coefficient (Wildman–Crippen LogP) is 4.63. The molecular weight excluding hydrogens is 390 g/mol. The van der Waals surface area contributed by atoms with E-state index >= 15 is 0 Å². The van der Waals surface area contributed by atoms with Crippen LogP contribution in [0.3, 0.4) is 0 Å². The summed E-state index contributed by atoms with van der Waals surface area (Å²) in [4.78, 5) is 18.0. The molecule has 1 aliphatic rings. The predicted molar refractivity (Wildman–Crippen MR) is 118 cm³/mol. The fourth-order valence-corrected chi connectivity index (χ4v) is 4.46. The van der Waals surface area contributed by atoms with Gasteiger partial charge in [-0.2, -0.15) is 5.10 Å². The zero-order valence-corrected chi connectivity index (χ0v) is 17.8. The lowest BCUT2D eigenvalue weighted by Crippen LogP contribution is -2.21. The molecular formula is C25H23N3O3. The number of ether oxygens (including phenoxy) is 2. The third kappa shape index (κ3) is 3.24. The van der Waals surface area contributed by atoms with Crippen molar-refractivity contribution in [3.05, 3.63) is 77.2 Å². The maximum Gasteiger partial charge on any atom is 0.166 e. The van der Waals surface area contributed by atoms with Gasteiger partial charge in [-0.1, -0.05) is 30.3 Å². The Balaban J connectivity index is 1.61. The molecule has 1 unspecified atom stereocenters. The first-order chi connectivity index (χ1) is 15.1. The summed E-state index contributed by atoms with van der Waals surface area (Å²) >= 11 is 0. The summed E-state index contributed by atoms with van der Waals surface area (Å²) in [5.74, 6) is 1.74. The number of para-hydroxylation sites is 1. The average molecular weight is 413 g/mol. The van der Waals surface area contributed by atoms with E-state index in [1.165, 1.54) is 0 Å². The average Bonchev–Trinajstić information content (AvgIpc) is 3.12. The Hall–Kier alpha value is -3.67. The zero-order valence-electron chi connectivity index (χ0n) is 17.8. The minimum Gasteiger partial charge on any atom is -0.497 e. The van der Waals surface area contributed by atoms with Crippen LogP contribution in [0.15, 0.2) is 54.7 Å². The molecule has 0 aliphatic heterocycles. The van der Waals surface area contributed by atoms with E-state index in [0.29, 0.717) is 18.4 Å². The Morgan fingerprint density at radius 1 is 1.00 bits per heavy atom. The van der Waals surface area contributed by atoms with Crippen LogP contribution in [0.1, 0.15) is 39.6 Å². The van der Waals surface area contributed by atoms with Crippen molar-refractivity contribution in [3.63, 3.8) is 0 Å². The van der Waals surface area contributed by atoms with Crippen molar-refractivity contribution in [3.8, 4) is 22.6 Å². The molecule has 0 radical (unpaired) electrons. The highest BCUT2D eigenvalue weighted by Gasteiger charge is 2.30. The van der Waals surface area contributed by atoms with Gasteiger partial charge in [0, 0.05) is 24.1 Å². The molecule has 6 nitrogen and oxygen atoms in total. The van der Waals surface area contributed by atoms with E-state index in [1.54, 1.807) is 18.7 Å². The molecule has 1 atom stereocenters. The molecule has 2 aromatic heterocycles. The van der Waals surface area contributed by atoms with Crippen molar-refractivity contribution in [2.24, 2.45) is 0 Å². The summed E-state index contributed by atoms with van der Waals surface area (Å²) in [6, 6.07) is 15.8. The van der Waals surface area contributed by atoms with E-state index in [4.69, 9.17) is 14.5 Å². The lowest BCUT2D eigenvalue weighted by Gasteiger charge is -2.24. The van der Waals surface area contributed by atoms with Gasteiger partial charge >= 0.3 is 0 Å². The van der Waals surface area contributed by atoms with Crippen LogP contribution in [0, 0.1) is 6.92 Å². The highest BCUT2D eigenvalue weighted by Crippen LogP contribution is 2.37. The van der Waals surface area contributed by atoms with Gasteiger partial charge in [0.25, 0.3) is 0 Å². The van der Waals surface area contributed by atoms with Gasteiger partial charge in [-0.05, 0) is 42.7 Å². The highest BCUT2D eigenvalue weighted by molar-refractivity contribution is 5.99. The fourth-order valence-electron chi connectivity index (χ4n) is 4.46. The zero-order chi connectivity index (χ0) is 21.5. The summed E-state index contributed by atoms with van der Waals surface area (Å²) in [7, 11) is 3.31. The molecule has 0 spiro atoms. The number of carbonyl (C=O) groups excluding carboxylic acids is 1. The molecule has 156 valence electrons. The van der Waals surface area contributed by atoms with E-state index in [1.807, 2.05) is 61.7 Å². The van der Waals surface area contributed by atoms with Crippen molar-refractivity contribution in [1.82, 2.24) is 14.6 Å². The number of rotatable bonds is 4. The Labute approximate surface area is 180 Å². The second-order valence-corrected chi connectivity index (χ2v) is 7.83. The summed E-state index contributed by atoms with van der Waals surface area (Å²) < 4.78 is 12.5. The second-order valence-electron chi connectivity index (χ2n) is 7.83. The van der Waals surface area contributed by atoms with Crippen LogP contribution in [0.5, 0.6) is 11.5 Å². The lowest BCUT2D eigenvalue weighted by molar-refractivity contribution is 0.0962. The van der Waals surface area contributed by atoms with Crippen molar-refractivity contribution in [2.45, 2.75) is 25.7 Å². The van der Waals surface area contributed by atoms with Crippen LogP contribution in [-0.4, -0.2) is 34.6 Å². The van der Waals surface area contributed by atoms with Gasteiger partial charge < -0.3 is 9.47 Å². The molecule has 0 fully saturated rings. The highest BCUT2D eigenvalue weighted by atomic mass is 16.5. The molecule has 4 aromatic rings. The van der Waals surface area contributed by atoms with Gasteiger partial charge in [-0.15, -0.1) is 0 Å². The minimum absolute atomic E-state index is 0.0413. The number of carbonyl (C=O) groups is 1. The normalized spacial score (nSPS) is 15.7. The van der Waals surface area contributed by atoms with Crippen LogP contribution in [0.2, 0.25) is 0 Å². The van der Waals surface area contributed by atoms with Crippen molar-refractivity contribution < 1.29 is 14.3 Å². The van der Waals surface area contributed by atoms with E-state index in [2.05, 4.69) is 5.10 Å². The minimum atomic E-state index is 0.0413. The number of hydrogen-bond acceptors (Lipinski definition) is 5. The number of aromatic nitrogens is 3. The number of benzene rings is 2. The molecule has 0 N–H and O–H groups in total. The monoisotopic (exact) mass is 413 g/mol. The largest absolute Gasteiger partial charge is 0.497 e. The van der Waals surface area contributed by atoms with Gasteiger partial charge in [0.15, 0.2) is 11.4 Å². The van der Waals surface area contributed by atoms with E-state index in [-0.39, 0.29) is 11.7 Å². The number of methoxy groups -OCH3 is 2. The maximum atomic E-state index is 13.0. The van der Waals surface area contributed by atoms with E-state index in [9.17, 15) is 4.79 Å². The van der Waals surface area contributed by atoms with Crippen LogP contribution in [0.4, 0.5) is 0 Å². The first-order valence-corrected chi connectivity index (χ1v) is 10.3. The van der Waals surface area contributed by atoms with Crippen LogP contribution < -0.4 is 9.47 Å². The van der Waals surface area contributed by atoms with E-state index in [0.717, 1.165) is 45.2 Å². The molecule has 31 heavy (non-hydrogen) atoms. The van der Waals surface area contributed by atoms with Gasteiger partial charge in [0.2, 0.25) is 0 Å². The lowest BCUT2D eigenvalue weighted by atomic mass is 9.82. The first kappa shape index (κ1) is 19.3. The number of ketones is 1. The molecule has 5 rings (SSSR count). The number of fused-ring (bicyclic) bond motifs is 2. The van der Waals surface area contributed by atoms with Crippen LogP contribution >= 0.6 is 0 Å². The molecule has 0 saturated carbocycles. The summed E-state index contributed by atoms with van der Waals surface area (Å²) in [5.41, 5.74) is 6.13. The SMILES string of the molecule is COc1ccc(-c2c(C)nn3cc4c(nc23)CC(c2ccccc2OC)CC4=O)cc1. The molecule has 6 heteroatoms. The van der Waals surface area contributed by atoms with Crippen LogP contribution in [0.25, 0.3) is 16.8 Å². The fraction of sp³-hybridized carbons (Fsp3) is 0.240. The van der Waals surface area contributed by atoms with Crippen molar-refractivity contribution in [2.75, 3.05) is 14.2 Å². The third-order valence-corrected chi connectivity index (χ3v) is 5.99. The number of hydrogen-bond donors (Lipinski definition) is 0. The quantitative estimate of drug-likeness (QED) is 0.488. The third-order valence-electron chi connectivity index (χ3n) is 5.99. The summed E-state index contributed by atoms with van der Waals surface area (Å²) in [6.45, 7) is 1.96. The summed E-state index contributed by atoms with van der Waals surface area (Å²) in [6.07, 6.45) is 2.95. The Kier molecular flexibility index (Phi) is 4.70. The van der Waals surface area contributed by atoms with Gasteiger partial charge in [-0.25, -0.2) is 9.50 Å². The first-order valence-electron chi connectivity index (χ1n) is 10.3. The maximum absolute atomic E-state index is 13.0. The van der Waals surface area contributed by atoms with Crippen molar-refractivity contribution >= 4 is 11.4 Å². The summed E-state index contributed by atoms with van der Waals surface area (Å²) in [5, 5.41) is 4.63. The Morgan fingerprint density at radius 3 is 2.52 bits per heavy atom. The topological polar surface area (TPSA) is 65.7 Å². The van der Waals surface area contributed by atoms with E-state index < -0.39 is 0 Å². The van der Waals surface area contributed by atoms with Crippen molar-refractivity contribution in [1.29, 1.82) is 0 Å². The second kappa shape index (κ2) is 7.54. The van der Waals surface area contributed by atoms with Crippen LogP contribution in [-0.2, 0) is 6.42 Å². The molecule has 0 bridgehead atoms. The number of Topliss-reactive ketones (excluding diaryl/α,β-unsaturated/α-hetero) is 1.